The van der Waals surface area contributed by atoms with Gasteiger partial charge in [-0.3, -0.25) is 4.79 Å². The third-order valence-corrected chi connectivity index (χ3v) is 5.08. The number of phenols is 1. The minimum absolute atomic E-state index is 0.0559. The van der Waals surface area contributed by atoms with Crippen molar-refractivity contribution in [2.24, 2.45) is 5.10 Å². The van der Waals surface area contributed by atoms with E-state index in [9.17, 15) is 9.90 Å². The van der Waals surface area contributed by atoms with Crippen molar-refractivity contribution < 1.29 is 9.90 Å². The van der Waals surface area contributed by atoms with E-state index >= 15 is 0 Å². The number of hydrogen-bond acceptors (Lipinski definition) is 3. The first-order valence-corrected chi connectivity index (χ1v) is 9.46. The van der Waals surface area contributed by atoms with Gasteiger partial charge in [0, 0.05) is 5.56 Å². The van der Waals surface area contributed by atoms with Gasteiger partial charge in [-0.1, -0.05) is 32.9 Å². The molecule has 0 aromatic heterocycles. The molecule has 1 amide bonds. The number of amides is 1. The summed E-state index contributed by atoms with van der Waals surface area (Å²) >= 11 is 4.11. The Bertz CT molecular complexity index is 756. The molecule has 2 rings (SSSR count). The highest BCUT2D eigenvalue weighted by Gasteiger charge is 2.14. The number of carbonyl (C=O) groups excluding carboxylic acids is 1. The molecule has 2 aromatic carbocycles. The van der Waals surface area contributed by atoms with Crippen LogP contribution in [0.1, 0.15) is 42.3 Å². The summed E-state index contributed by atoms with van der Waals surface area (Å²) in [4.78, 5) is 12.1. The smallest absolute Gasteiger partial charge is 0.271 e. The van der Waals surface area contributed by atoms with E-state index in [2.05, 4.69) is 76.5 Å². The molecular formula is C18H18I2N2O2. The molecular weight excluding hydrogens is 530 g/mol. The van der Waals surface area contributed by atoms with E-state index < -0.39 is 0 Å². The highest BCUT2D eigenvalue weighted by atomic mass is 127. The second-order valence-corrected chi connectivity index (χ2v) is 8.68. The first kappa shape index (κ1) is 19.2. The number of rotatable bonds is 3. The quantitative estimate of drug-likeness (QED) is 0.333. The Kier molecular flexibility index (Phi) is 6.24. The first-order valence-electron chi connectivity index (χ1n) is 7.30. The minimum Gasteiger partial charge on any atom is -0.506 e. The van der Waals surface area contributed by atoms with Gasteiger partial charge in [-0.2, -0.15) is 5.10 Å². The van der Waals surface area contributed by atoms with Crippen LogP contribution in [-0.4, -0.2) is 17.2 Å². The Hall–Kier alpha value is -1.16. The molecule has 24 heavy (non-hydrogen) atoms. The normalized spacial score (nSPS) is 11.7. The second-order valence-electron chi connectivity index (χ2n) is 6.36. The topological polar surface area (TPSA) is 61.7 Å². The van der Waals surface area contributed by atoms with E-state index in [1.165, 1.54) is 5.56 Å². The third-order valence-electron chi connectivity index (χ3n) is 3.43. The zero-order valence-electron chi connectivity index (χ0n) is 13.6. The summed E-state index contributed by atoms with van der Waals surface area (Å²) in [5.41, 5.74) is 5.13. The third kappa shape index (κ3) is 4.92. The average Bonchev–Trinajstić information content (AvgIpc) is 2.51. The molecule has 0 atom stereocenters. The molecule has 126 valence electrons. The monoisotopic (exact) mass is 548 g/mol. The van der Waals surface area contributed by atoms with Gasteiger partial charge in [0.1, 0.15) is 5.75 Å². The summed E-state index contributed by atoms with van der Waals surface area (Å²) in [6, 6.07) is 11.1. The number of benzene rings is 2. The van der Waals surface area contributed by atoms with Crippen molar-refractivity contribution in [3.05, 3.63) is 60.2 Å². The molecule has 6 heteroatoms. The fraction of sp³-hybridized carbons (Fsp3) is 0.222. The summed E-state index contributed by atoms with van der Waals surface area (Å²) in [5, 5.41) is 13.7. The van der Waals surface area contributed by atoms with Crippen molar-refractivity contribution in [3.63, 3.8) is 0 Å². The van der Waals surface area contributed by atoms with Gasteiger partial charge in [0.25, 0.3) is 5.91 Å². The summed E-state index contributed by atoms with van der Waals surface area (Å²) in [6.07, 6.45) is 1.56. The standard InChI is InChI=1S/C18H18I2N2O2/c1-18(2,3)13-6-4-12(5-7-13)17(24)22-21-10-11-8-14(19)16(23)15(20)9-11/h4-10,23H,1-3H3,(H,22,24). The van der Waals surface area contributed by atoms with Gasteiger partial charge in [-0.25, -0.2) is 5.43 Å². The van der Waals surface area contributed by atoms with Crippen molar-refractivity contribution in [2.45, 2.75) is 26.2 Å². The maximum atomic E-state index is 12.1. The van der Waals surface area contributed by atoms with Crippen molar-refractivity contribution in [1.29, 1.82) is 0 Å². The Morgan fingerprint density at radius 2 is 1.67 bits per heavy atom. The number of hydrazone groups is 1. The predicted molar refractivity (Wildman–Crippen MR) is 114 cm³/mol. The van der Waals surface area contributed by atoms with Crippen molar-refractivity contribution in [2.75, 3.05) is 0 Å². The summed E-state index contributed by atoms with van der Waals surface area (Å²) in [5.74, 6) is 0.00575. The van der Waals surface area contributed by atoms with E-state index in [1.54, 1.807) is 30.5 Å². The lowest BCUT2D eigenvalue weighted by Crippen LogP contribution is -2.18. The number of hydrogen-bond donors (Lipinski definition) is 2. The number of aromatic hydroxyl groups is 1. The Morgan fingerprint density at radius 3 is 2.17 bits per heavy atom. The molecule has 0 saturated heterocycles. The Balaban J connectivity index is 2.05. The Morgan fingerprint density at radius 1 is 1.12 bits per heavy atom. The van der Waals surface area contributed by atoms with Crippen LogP contribution in [0.4, 0.5) is 0 Å². The van der Waals surface area contributed by atoms with E-state index in [0.717, 1.165) is 12.7 Å². The largest absolute Gasteiger partial charge is 0.506 e. The van der Waals surface area contributed by atoms with Crippen LogP contribution >= 0.6 is 45.2 Å². The molecule has 0 aliphatic carbocycles. The lowest BCUT2D eigenvalue weighted by atomic mass is 9.87. The van der Waals surface area contributed by atoms with Crippen LogP contribution in [0.3, 0.4) is 0 Å². The Labute approximate surface area is 169 Å². The molecule has 0 saturated carbocycles. The van der Waals surface area contributed by atoms with Crippen LogP contribution in [0.5, 0.6) is 5.75 Å². The highest BCUT2D eigenvalue weighted by molar-refractivity contribution is 14.1. The molecule has 0 heterocycles. The van der Waals surface area contributed by atoms with Crippen LogP contribution in [0, 0.1) is 7.14 Å². The van der Waals surface area contributed by atoms with Crippen LogP contribution in [0.2, 0.25) is 0 Å². The van der Waals surface area contributed by atoms with Gasteiger partial charge >= 0.3 is 0 Å². The fourth-order valence-electron chi connectivity index (χ4n) is 2.01. The second kappa shape index (κ2) is 7.81. The van der Waals surface area contributed by atoms with E-state index in [-0.39, 0.29) is 17.1 Å². The number of halogens is 2. The molecule has 2 N–H and O–H groups in total. The maximum Gasteiger partial charge on any atom is 0.271 e. The maximum absolute atomic E-state index is 12.1. The van der Waals surface area contributed by atoms with Gasteiger partial charge in [-0.15, -0.1) is 0 Å². The zero-order chi connectivity index (χ0) is 17.9. The van der Waals surface area contributed by atoms with Crippen molar-refractivity contribution in [1.82, 2.24) is 5.43 Å². The predicted octanol–water partition coefficient (Wildman–Crippen LogP) is 4.66. The van der Waals surface area contributed by atoms with Crippen LogP contribution in [-0.2, 0) is 5.41 Å². The molecule has 0 aliphatic rings. The van der Waals surface area contributed by atoms with Gasteiger partial charge in [0.2, 0.25) is 0 Å². The zero-order valence-corrected chi connectivity index (χ0v) is 17.9. The fourth-order valence-corrected chi connectivity index (χ4v) is 3.83. The molecule has 0 aliphatic heterocycles. The van der Waals surface area contributed by atoms with Gasteiger partial charge in [0.15, 0.2) is 0 Å². The average molecular weight is 548 g/mol. The van der Waals surface area contributed by atoms with E-state index in [0.29, 0.717) is 5.56 Å². The summed E-state index contributed by atoms with van der Waals surface area (Å²) in [7, 11) is 0. The number of nitrogens with zero attached hydrogens (tertiary/aromatic N) is 1. The number of carbonyl (C=O) groups is 1. The molecule has 0 radical (unpaired) electrons. The first-order chi connectivity index (χ1) is 11.2. The van der Waals surface area contributed by atoms with Crippen LogP contribution < -0.4 is 5.43 Å². The van der Waals surface area contributed by atoms with Crippen molar-refractivity contribution in [3.8, 4) is 5.75 Å². The highest BCUT2D eigenvalue weighted by Crippen LogP contribution is 2.26. The molecule has 0 bridgehead atoms. The number of phenolic OH excluding ortho intramolecular Hbond substituents is 1. The van der Waals surface area contributed by atoms with Gasteiger partial charge in [-0.05, 0) is 86.0 Å². The minimum atomic E-state index is -0.255. The number of nitrogens with one attached hydrogen (secondary N) is 1. The lowest BCUT2D eigenvalue weighted by Gasteiger charge is -2.18. The van der Waals surface area contributed by atoms with Gasteiger partial charge in [0.05, 0.1) is 13.4 Å². The molecule has 0 fully saturated rings. The molecule has 4 nitrogen and oxygen atoms in total. The lowest BCUT2D eigenvalue weighted by molar-refractivity contribution is 0.0955. The summed E-state index contributed by atoms with van der Waals surface area (Å²) < 4.78 is 1.48. The molecule has 2 aromatic rings. The summed E-state index contributed by atoms with van der Waals surface area (Å²) in [6.45, 7) is 6.40. The molecule has 0 spiro atoms. The van der Waals surface area contributed by atoms with E-state index in [4.69, 9.17) is 0 Å². The van der Waals surface area contributed by atoms with Crippen LogP contribution in [0.25, 0.3) is 0 Å². The van der Waals surface area contributed by atoms with Crippen molar-refractivity contribution >= 4 is 57.3 Å². The van der Waals surface area contributed by atoms with Gasteiger partial charge < -0.3 is 5.11 Å². The molecule has 0 unspecified atom stereocenters. The SMILES string of the molecule is CC(C)(C)c1ccc(C(=O)NN=Cc2cc(I)c(O)c(I)c2)cc1. The van der Waals surface area contributed by atoms with Crippen LogP contribution in [0.15, 0.2) is 41.5 Å². The van der Waals surface area contributed by atoms with E-state index in [1.807, 2.05) is 12.1 Å².